The van der Waals surface area contributed by atoms with Gasteiger partial charge in [-0.05, 0) is 33.4 Å². The first-order chi connectivity index (χ1) is 9.99. The molecule has 2 atom stereocenters. The van der Waals surface area contributed by atoms with Crippen molar-refractivity contribution in [3.8, 4) is 5.75 Å². The minimum atomic E-state index is -0.739. The number of carbonyl (C=O) groups excluding carboxylic acids is 1. The highest BCUT2D eigenvalue weighted by Gasteiger charge is 2.20. The second-order valence-corrected chi connectivity index (χ2v) is 5.22. The average Bonchev–Trinajstić information content (AvgIpc) is 2.42. The monoisotopic (exact) mass is 296 g/mol. The van der Waals surface area contributed by atoms with E-state index in [4.69, 9.17) is 4.74 Å². The lowest BCUT2D eigenvalue weighted by Gasteiger charge is -2.20. The number of nitrogens with one attached hydrogen (secondary N) is 2. The molecule has 5 heteroatoms. The second kappa shape index (κ2) is 8.62. The highest BCUT2D eigenvalue weighted by molar-refractivity contribution is 5.81. The SMILES string of the molecule is CCCC(C)NC(=O)C(C)Oc1c(F)cccc1CNC. The number of carbonyl (C=O) groups is 1. The van der Waals surface area contributed by atoms with Gasteiger partial charge in [0.25, 0.3) is 5.91 Å². The Morgan fingerprint density at radius 2 is 2.10 bits per heavy atom. The fourth-order valence-electron chi connectivity index (χ4n) is 2.11. The van der Waals surface area contributed by atoms with Gasteiger partial charge in [0.15, 0.2) is 17.7 Å². The number of hydrogen-bond acceptors (Lipinski definition) is 3. The molecule has 0 aliphatic rings. The fraction of sp³-hybridized carbons (Fsp3) is 0.562. The maximum absolute atomic E-state index is 13.9. The molecule has 2 N–H and O–H groups in total. The zero-order valence-corrected chi connectivity index (χ0v) is 13.2. The molecule has 0 aliphatic heterocycles. The molecule has 0 fully saturated rings. The van der Waals surface area contributed by atoms with Crippen LogP contribution in [-0.2, 0) is 11.3 Å². The molecule has 4 nitrogen and oxygen atoms in total. The lowest BCUT2D eigenvalue weighted by molar-refractivity contribution is -0.128. The van der Waals surface area contributed by atoms with E-state index in [2.05, 4.69) is 17.6 Å². The minimum absolute atomic E-state index is 0.0888. The van der Waals surface area contributed by atoms with Gasteiger partial charge in [-0.1, -0.05) is 25.5 Å². The molecule has 21 heavy (non-hydrogen) atoms. The van der Waals surface area contributed by atoms with E-state index in [1.54, 1.807) is 26.1 Å². The van der Waals surface area contributed by atoms with Crippen LogP contribution in [0, 0.1) is 5.82 Å². The molecule has 1 amide bonds. The Labute approximate surface area is 126 Å². The predicted octanol–water partition coefficient (Wildman–Crippen LogP) is 2.62. The molecule has 0 radical (unpaired) electrons. The van der Waals surface area contributed by atoms with Crippen molar-refractivity contribution in [2.75, 3.05) is 7.05 Å². The van der Waals surface area contributed by atoms with Crippen LogP contribution in [0.1, 0.15) is 39.2 Å². The normalized spacial score (nSPS) is 13.6. The van der Waals surface area contributed by atoms with Crippen LogP contribution >= 0.6 is 0 Å². The molecule has 0 spiro atoms. The lowest BCUT2D eigenvalue weighted by Crippen LogP contribution is -2.41. The van der Waals surface area contributed by atoms with Crippen molar-refractivity contribution in [1.29, 1.82) is 0 Å². The number of halogens is 1. The summed E-state index contributed by atoms with van der Waals surface area (Å²) in [5, 5.41) is 5.83. The molecule has 0 heterocycles. The van der Waals surface area contributed by atoms with Crippen molar-refractivity contribution >= 4 is 5.91 Å². The van der Waals surface area contributed by atoms with Gasteiger partial charge in [0.2, 0.25) is 0 Å². The third-order valence-electron chi connectivity index (χ3n) is 3.19. The summed E-state index contributed by atoms with van der Waals surface area (Å²) in [5.41, 5.74) is 0.693. The molecule has 0 bridgehead atoms. The Morgan fingerprint density at radius 3 is 2.71 bits per heavy atom. The van der Waals surface area contributed by atoms with Crippen molar-refractivity contribution in [3.05, 3.63) is 29.6 Å². The van der Waals surface area contributed by atoms with Crippen molar-refractivity contribution in [2.45, 2.75) is 52.3 Å². The maximum atomic E-state index is 13.9. The molecule has 0 aromatic heterocycles. The van der Waals surface area contributed by atoms with Gasteiger partial charge in [0, 0.05) is 18.2 Å². The fourth-order valence-corrected chi connectivity index (χ4v) is 2.11. The Morgan fingerprint density at radius 1 is 1.38 bits per heavy atom. The number of hydrogen-bond donors (Lipinski definition) is 2. The Balaban J connectivity index is 2.74. The lowest BCUT2D eigenvalue weighted by atomic mass is 10.1. The quantitative estimate of drug-likeness (QED) is 0.775. The predicted molar refractivity (Wildman–Crippen MR) is 81.8 cm³/mol. The number of benzene rings is 1. The molecule has 1 aromatic rings. The smallest absolute Gasteiger partial charge is 0.260 e. The van der Waals surface area contributed by atoms with Gasteiger partial charge >= 0.3 is 0 Å². The van der Waals surface area contributed by atoms with Gasteiger partial charge in [-0.3, -0.25) is 4.79 Å². The summed E-state index contributed by atoms with van der Waals surface area (Å²) in [6.45, 7) is 6.12. The summed E-state index contributed by atoms with van der Waals surface area (Å²) in [5.74, 6) is -0.545. The first-order valence-electron chi connectivity index (χ1n) is 7.38. The third kappa shape index (κ3) is 5.34. The maximum Gasteiger partial charge on any atom is 0.260 e. The van der Waals surface area contributed by atoms with Crippen LogP contribution in [-0.4, -0.2) is 25.1 Å². The highest BCUT2D eigenvalue weighted by Crippen LogP contribution is 2.23. The summed E-state index contributed by atoms with van der Waals surface area (Å²) in [6.07, 6.45) is 1.16. The van der Waals surface area contributed by atoms with Gasteiger partial charge in [-0.15, -0.1) is 0 Å². The van der Waals surface area contributed by atoms with Crippen LogP contribution in [0.5, 0.6) is 5.75 Å². The molecule has 0 saturated heterocycles. The van der Waals surface area contributed by atoms with Crippen LogP contribution < -0.4 is 15.4 Å². The van der Waals surface area contributed by atoms with E-state index in [0.717, 1.165) is 12.8 Å². The first kappa shape index (κ1) is 17.4. The first-order valence-corrected chi connectivity index (χ1v) is 7.38. The van der Waals surface area contributed by atoms with E-state index in [0.29, 0.717) is 12.1 Å². The van der Waals surface area contributed by atoms with Crippen LogP contribution in [0.25, 0.3) is 0 Å². The summed E-state index contributed by atoms with van der Waals surface area (Å²) < 4.78 is 19.4. The van der Waals surface area contributed by atoms with E-state index >= 15 is 0 Å². The Hall–Kier alpha value is -1.62. The molecule has 0 aliphatic carbocycles. The minimum Gasteiger partial charge on any atom is -0.477 e. The van der Waals surface area contributed by atoms with Crippen molar-refractivity contribution in [3.63, 3.8) is 0 Å². The zero-order valence-electron chi connectivity index (χ0n) is 13.2. The molecule has 2 unspecified atom stereocenters. The second-order valence-electron chi connectivity index (χ2n) is 5.22. The number of para-hydroxylation sites is 1. The van der Waals surface area contributed by atoms with Gasteiger partial charge < -0.3 is 15.4 Å². The summed E-state index contributed by atoms with van der Waals surface area (Å²) in [4.78, 5) is 12.0. The molecule has 1 aromatic carbocycles. The van der Waals surface area contributed by atoms with Crippen LogP contribution in [0.4, 0.5) is 4.39 Å². The van der Waals surface area contributed by atoms with Crippen LogP contribution in [0.15, 0.2) is 18.2 Å². The average molecular weight is 296 g/mol. The highest BCUT2D eigenvalue weighted by atomic mass is 19.1. The van der Waals surface area contributed by atoms with Crippen molar-refractivity contribution < 1.29 is 13.9 Å². The third-order valence-corrected chi connectivity index (χ3v) is 3.19. The van der Waals surface area contributed by atoms with Crippen molar-refractivity contribution in [2.24, 2.45) is 0 Å². The summed E-state index contributed by atoms with van der Waals surface area (Å²) in [7, 11) is 1.78. The largest absolute Gasteiger partial charge is 0.477 e. The van der Waals surface area contributed by atoms with Crippen LogP contribution in [0.3, 0.4) is 0 Å². The van der Waals surface area contributed by atoms with E-state index in [1.807, 2.05) is 6.92 Å². The standard InChI is InChI=1S/C16H25FN2O2/c1-5-7-11(2)19-16(20)12(3)21-15-13(10-18-4)8-6-9-14(15)17/h6,8-9,11-12,18H,5,7,10H2,1-4H3,(H,19,20). The van der Waals surface area contributed by atoms with E-state index < -0.39 is 11.9 Å². The molecular weight excluding hydrogens is 271 g/mol. The summed E-state index contributed by atoms with van der Waals surface area (Å²) in [6, 6.07) is 4.83. The van der Waals surface area contributed by atoms with Gasteiger partial charge in [0.05, 0.1) is 0 Å². The molecule has 1 rings (SSSR count). The van der Waals surface area contributed by atoms with Crippen LogP contribution in [0.2, 0.25) is 0 Å². The van der Waals surface area contributed by atoms with E-state index in [1.165, 1.54) is 6.07 Å². The Bertz CT molecular complexity index is 466. The summed E-state index contributed by atoms with van der Waals surface area (Å²) >= 11 is 0. The van der Waals surface area contributed by atoms with E-state index in [-0.39, 0.29) is 17.7 Å². The zero-order chi connectivity index (χ0) is 15.8. The Kier molecular flexibility index (Phi) is 7.15. The molecule has 118 valence electrons. The molecule has 0 saturated carbocycles. The molecular formula is C16H25FN2O2. The van der Waals surface area contributed by atoms with Crippen molar-refractivity contribution in [1.82, 2.24) is 10.6 Å². The van der Waals surface area contributed by atoms with E-state index in [9.17, 15) is 9.18 Å². The topological polar surface area (TPSA) is 50.4 Å². The number of ether oxygens (including phenoxy) is 1. The van der Waals surface area contributed by atoms with Gasteiger partial charge in [0.1, 0.15) is 0 Å². The van der Waals surface area contributed by atoms with Gasteiger partial charge in [-0.25, -0.2) is 4.39 Å². The number of amides is 1. The van der Waals surface area contributed by atoms with Gasteiger partial charge in [-0.2, -0.15) is 0 Å². The number of rotatable bonds is 8.